The maximum atomic E-state index is 9.75. The van der Waals surface area contributed by atoms with Crippen molar-refractivity contribution >= 4 is 18.8 Å². The molecule has 0 aliphatic carbocycles. The van der Waals surface area contributed by atoms with Crippen LogP contribution < -0.4 is 9.42 Å². The van der Waals surface area contributed by atoms with Crippen molar-refractivity contribution in [3.63, 3.8) is 0 Å². The van der Waals surface area contributed by atoms with E-state index in [9.17, 15) is 17.3 Å². The molecule has 3 nitrogen and oxygen atoms in total. The van der Waals surface area contributed by atoms with Crippen LogP contribution in [-0.4, -0.2) is 18.9 Å². The smallest absolute Gasteiger partial charge is 0.445 e. The van der Waals surface area contributed by atoms with Crippen LogP contribution in [-0.2, 0) is 0 Å². The van der Waals surface area contributed by atoms with Crippen molar-refractivity contribution in [1.82, 2.24) is 4.49 Å². The van der Waals surface area contributed by atoms with E-state index in [1.165, 1.54) is 17.1 Å². The number of hydrogen-bond donors (Lipinski definition) is 0. The van der Waals surface area contributed by atoms with Gasteiger partial charge in [-0.25, -0.2) is 0 Å². The van der Waals surface area contributed by atoms with E-state index in [1.807, 2.05) is 17.5 Å². The van der Waals surface area contributed by atoms with Crippen LogP contribution >= 0.6 is 11.5 Å². The fraction of sp³-hybridized carbons (Fsp3) is 0.200. The topological polar surface area (TPSA) is 26.0 Å². The lowest BCUT2D eigenvalue weighted by Crippen LogP contribution is -2.33. The summed E-state index contributed by atoms with van der Waals surface area (Å²) in [6.07, 6.45) is 0. The van der Waals surface area contributed by atoms with Crippen LogP contribution in [0.4, 0.5) is 17.3 Å². The van der Waals surface area contributed by atoms with Crippen LogP contribution in [0, 0.1) is 6.92 Å². The van der Waals surface area contributed by atoms with Gasteiger partial charge in [0.15, 0.2) is 0 Å². The zero-order valence-electron chi connectivity index (χ0n) is 10.2. The van der Waals surface area contributed by atoms with Gasteiger partial charge in [0, 0.05) is 28.3 Å². The minimum absolute atomic E-state index is 0.763. The van der Waals surface area contributed by atoms with Crippen LogP contribution in [0.25, 0.3) is 5.69 Å². The maximum absolute atomic E-state index is 9.75. The predicted octanol–water partition coefficient (Wildman–Crippen LogP) is 3.04. The van der Waals surface area contributed by atoms with Gasteiger partial charge in [0.1, 0.15) is 5.38 Å². The number of rotatable bonds is 2. The van der Waals surface area contributed by atoms with Crippen molar-refractivity contribution in [2.45, 2.75) is 6.92 Å². The molecule has 0 aliphatic heterocycles. The number of methoxy groups -OCH3 is 1. The fourth-order valence-corrected chi connectivity index (χ4v) is 1.80. The van der Waals surface area contributed by atoms with Crippen LogP contribution in [0.3, 0.4) is 0 Å². The van der Waals surface area contributed by atoms with Crippen LogP contribution in [0.5, 0.6) is 5.88 Å². The summed E-state index contributed by atoms with van der Waals surface area (Å²) in [7, 11) is -4.35. The summed E-state index contributed by atoms with van der Waals surface area (Å²) in [6, 6.07) is 8.16. The average Bonchev–Trinajstić information content (AvgIpc) is 2.76. The van der Waals surface area contributed by atoms with Crippen molar-refractivity contribution in [3.05, 3.63) is 35.2 Å². The standard InChI is InChI=1S/C10H11N2OS.BF4/c1-8-3-5-9(6-4-8)12-10(13-2)7-14-11-12;2-1(3,4)5/h3-7H,1-2H3;/q+1;-1. The Labute approximate surface area is 111 Å². The Bertz CT molecular complexity index is 509. The molecule has 1 aromatic carbocycles. The van der Waals surface area contributed by atoms with Crippen LogP contribution in [0.15, 0.2) is 29.6 Å². The third kappa shape index (κ3) is 5.69. The molecule has 0 unspecified atom stereocenters. The quantitative estimate of drug-likeness (QED) is 0.483. The number of halogens is 4. The van der Waals surface area contributed by atoms with E-state index >= 15 is 0 Å². The number of ether oxygens (including phenoxy) is 1. The summed E-state index contributed by atoms with van der Waals surface area (Å²) in [6.45, 7) is 2.06. The molecule has 0 bridgehead atoms. The molecule has 0 radical (unpaired) electrons. The molecule has 104 valence electrons. The van der Waals surface area contributed by atoms with Crippen LogP contribution in [0.2, 0.25) is 0 Å². The van der Waals surface area contributed by atoms with E-state index < -0.39 is 7.25 Å². The van der Waals surface area contributed by atoms with Crippen molar-refractivity contribution in [3.8, 4) is 11.6 Å². The number of benzene rings is 1. The van der Waals surface area contributed by atoms with Gasteiger partial charge >= 0.3 is 13.1 Å². The second-order valence-corrected chi connectivity index (χ2v) is 4.10. The Kier molecular flexibility index (Phi) is 5.28. The molecular weight excluding hydrogens is 283 g/mol. The third-order valence-corrected chi connectivity index (χ3v) is 2.54. The normalized spacial score (nSPS) is 10.6. The summed E-state index contributed by atoms with van der Waals surface area (Å²) in [5, 5.41) is 1.87. The van der Waals surface area contributed by atoms with Gasteiger partial charge in [-0.3, -0.25) is 0 Å². The van der Waals surface area contributed by atoms with Gasteiger partial charge in [0.25, 0.3) is 0 Å². The molecule has 0 fully saturated rings. The van der Waals surface area contributed by atoms with E-state index in [4.69, 9.17) is 4.74 Å². The number of aryl methyl sites for hydroxylation is 1. The monoisotopic (exact) mass is 294 g/mol. The van der Waals surface area contributed by atoms with Gasteiger partial charge in [-0.2, -0.15) is 0 Å². The SMILES string of the molecule is COc1csn[n+]1-c1ccc(C)cc1.F[B-](F)(F)F. The molecular formula is C10H11BF4N2OS. The molecule has 0 saturated heterocycles. The highest BCUT2D eigenvalue weighted by molar-refractivity contribution is 7.03. The highest BCUT2D eigenvalue weighted by atomic mass is 32.1. The van der Waals surface area contributed by atoms with Gasteiger partial charge in [-0.1, -0.05) is 17.7 Å². The zero-order chi connectivity index (χ0) is 14.5. The van der Waals surface area contributed by atoms with Gasteiger partial charge in [0.05, 0.1) is 11.6 Å². The van der Waals surface area contributed by atoms with Crippen molar-refractivity contribution in [2.24, 2.45) is 0 Å². The Morgan fingerprint density at radius 1 is 1.16 bits per heavy atom. The first-order chi connectivity index (χ1) is 8.81. The summed E-state index contributed by atoms with van der Waals surface area (Å²) >= 11 is 1.38. The summed E-state index contributed by atoms with van der Waals surface area (Å²) in [4.78, 5) is 0. The van der Waals surface area contributed by atoms with Crippen molar-refractivity contribution in [1.29, 1.82) is 0 Å². The maximum Gasteiger partial charge on any atom is 0.673 e. The molecule has 0 aliphatic rings. The van der Waals surface area contributed by atoms with E-state index in [0.29, 0.717) is 0 Å². The van der Waals surface area contributed by atoms with Crippen molar-refractivity contribution < 1.29 is 26.7 Å². The first-order valence-electron chi connectivity index (χ1n) is 5.16. The molecule has 0 atom stereocenters. The highest BCUT2D eigenvalue weighted by Crippen LogP contribution is 2.10. The predicted molar refractivity (Wildman–Crippen MR) is 65.1 cm³/mol. The summed E-state index contributed by atoms with van der Waals surface area (Å²) < 4.78 is 50.2. The molecule has 9 heteroatoms. The Hall–Kier alpha value is -1.64. The molecule has 2 rings (SSSR count). The lowest BCUT2D eigenvalue weighted by atomic mass is 10.2. The van der Waals surface area contributed by atoms with E-state index in [1.54, 1.807) is 11.8 Å². The molecule has 1 heterocycles. The number of nitrogens with zero attached hydrogens (tertiary/aromatic N) is 2. The van der Waals surface area contributed by atoms with Gasteiger partial charge in [-0.05, 0) is 6.92 Å². The minimum Gasteiger partial charge on any atom is -0.445 e. The highest BCUT2D eigenvalue weighted by Gasteiger charge is 2.20. The van der Waals surface area contributed by atoms with E-state index in [2.05, 4.69) is 23.5 Å². The lowest BCUT2D eigenvalue weighted by molar-refractivity contribution is -0.656. The first kappa shape index (κ1) is 15.4. The molecule has 1 aromatic heterocycles. The fourth-order valence-electron chi connectivity index (χ4n) is 1.20. The Morgan fingerprint density at radius 3 is 2.16 bits per heavy atom. The average molecular weight is 294 g/mol. The number of hydrogen-bond acceptors (Lipinski definition) is 3. The van der Waals surface area contributed by atoms with Gasteiger partial charge < -0.3 is 22.0 Å². The molecule has 19 heavy (non-hydrogen) atoms. The first-order valence-corrected chi connectivity index (χ1v) is 6.00. The third-order valence-electron chi connectivity index (χ3n) is 1.98. The summed E-state index contributed by atoms with van der Waals surface area (Å²) in [5.41, 5.74) is 2.26. The second kappa shape index (κ2) is 6.51. The molecule has 0 amide bonds. The molecule has 0 N–H and O–H groups in total. The van der Waals surface area contributed by atoms with Gasteiger partial charge in [-0.15, -0.1) is 0 Å². The van der Waals surface area contributed by atoms with Gasteiger partial charge in [0.2, 0.25) is 5.69 Å². The van der Waals surface area contributed by atoms with Crippen molar-refractivity contribution in [2.75, 3.05) is 7.11 Å². The van der Waals surface area contributed by atoms with Crippen LogP contribution in [0.1, 0.15) is 5.56 Å². The lowest BCUT2D eigenvalue weighted by Gasteiger charge is -1.94. The molecule has 0 spiro atoms. The minimum atomic E-state index is -6.00. The van der Waals surface area contributed by atoms with E-state index in [0.717, 1.165) is 11.6 Å². The number of aromatic nitrogens is 2. The molecule has 0 saturated carbocycles. The zero-order valence-corrected chi connectivity index (χ0v) is 11.0. The Morgan fingerprint density at radius 2 is 1.68 bits per heavy atom. The van der Waals surface area contributed by atoms with E-state index in [-0.39, 0.29) is 0 Å². The molecule has 2 aromatic rings. The second-order valence-electron chi connectivity index (χ2n) is 3.49. The largest absolute Gasteiger partial charge is 0.673 e. The Balaban J connectivity index is 0.000000312. The summed E-state index contributed by atoms with van der Waals surface area (Å²) in [5.74, 6) is 0.763.